The smallest absolute Gasteiger partial charge is 0.171 e. The molecule has 0 N–H and O–H groups in total. The van der Waals surface area contributed by atoms with Gasteiger partial charge in [0.1, 0.15) is 0 Å². The molecule has 0 bridgehead atoms. The molecule has 1 spiro atoms. The van der Waals surface area contributed by atoms with Gasteiger partial charge < -0.3 is 9.13 Å². The highest BCUT2D eigenvalue weighted by Gasteiger charge is 2.46. The normalized spacial score (nSPS) is 18.0. The first-order valence-electron chi connectivity index (χ1n) is 16.6. The van der Waals surface area contributed by atoms with E-state index in [2.05, 4.69) is 54.6 Å². The summed E-state index contributed by atoms with van der Waals surface area (Å²) >= 11 is 0. The zero-order valence-corrected chi connectivity index (χ0v) is 27.8. The van der Waals surface area contributed by atoms with Crippen LogP contribution >= 0.6 is 14.3 Å². The second-order valence-corrected chi connectivity index (χ2v) is 18.5. The van der Waals surface area contributed by atoms with Gasteiger partial charge in [-0.05, 0) is 65.4 Å². The number of hydrogen-bond donors (Lipinski definition) is 0. The quantitative estimate of drug-likeness (QED) is 0.174. The van der Waals surface area contributed by atoms with Crippen LogP contribution in [-0.4, -0.2) is 0 Å². The molecule has 228 valence electrons. The summed E-state index contributed by atoms with van der Waals surface area (Å²) in [5, 5.41) is 5.46. The van der Waals surface area contributed by atoms with Crippen molar-refractivity contribution in [3.05, 3.63) is 162 Å². The average Bonchev–Trinajstić information content (AvgIpc) is 3.40. The fourth-order valence-electron chi connectivity index (χ4n) is 8.25. The molecule has 0 aromatic heterocycles. The van der Waals surface area contributed by atoms with Gasteiger partial charge in [0.15, 0.2) is 14.3 Å². The van der Waals surface area contributed by atoms with Crippen LogP contribution in [0.5, 0.6) is 0 Å². The Labute approximate surface area is 272 Å². The second-order valence-electron chi connectivity index (χ2n) is 13.0. The van der Waals surface area contributed by atoms with Gasteiger partial charge in [0.05, 0.1) is 0 Å². The maximum Gasteiger partial charge on any atom is 0.171 e. The van der Waals surface area contributed by atoms with Crippen LogP contribution in [0.25, 0.3) is 11.1 Å². The summed E-state index contributed by atoms with van der Waals surface area (Å²) in [5.41, 5.74) is 4.87. The van der Waals surface area contributed by atoms with E-state index in [1.54, 1.807) is 0 Å². The van der Waals surface area contributed by atoms with Gasteiger partial charge in [-0.15, -0.1) is 0 Å². The van der Waals surface area contributed by atoms with Crippen LogP contribution in [0.4, 0.5) is 0 Å². The molecule has 1 atom stereocenters. The minimum Gasteiger partial charge on any atom is -0.309 e. The van der Waals surface area contributed by atoms with Crippen LogP contribution in [0.2, 0.25) is 0 Å². The predicted molar refractivity (Wildman–Crippen MR) is 195 cm³/mol. The molecular formula is C42H38O2P2. The van der Waals surface area contributed by atoms with E-state index in [1.807, 2.05) is 91.0 Å². The average molecular weight is 637 g/mol. The van der Waals surface area contributed by atoms with Gasteiger partial charge in [-0.25, -0.2) is 0 Å². The molecule has 0 aliphatic heterocycles. The number of rotatable bonds is 6. The van der Waals surface area contributed by atoms with Crippen LogP contribution in [0, 0.1) is 0 Å². The second kappa shape index (κ2) is 11.7. The molecule has 46 heavy (non-hydrogen) atoms. The zero-order chi connectivity index (χ0) is 31.2. The van der Waals surface area contributed by atoms with Crippen molar-refractivity contribution in [2.24, 2.45) is 0 Å². The SMILES string of the molecule is O=P(C1=CC=CCC1)(c1ccccc1)c1ccc2c(c1)C1(CCCCC1)c1cc(P(=O)(c3ccccc3)c3ccccc3)ccc1-2. The van der Waals surface area contributed by atoms with Crippen molar-refractivity contribution in [3.8, 4) is 11.1 Å². The first kappa shape index (κ1) is 29.4. The fourth-order valence-corrected chi connectivity index (χ4v) is 13.8. The summed E-state index contributed by atoms with van der Waals surface area (Å²) in [6, 6.07) is 43.3. The van der Waals surface area contributed by atoms with Crippen molar-refractivity contribution in [1.29, 1.82) is 0 Å². The summed E-state index contributed by atoms with van der Waals surface area (Å²) in [4.78, 5) is 0. The fraction of sp³-hybridized carbons (Fsp3) is 0.190. The van der Waals surface area contributed by atoms with Gasteiger partial charge >= 0.3 is 0 Å². The molecule has 3 aliphatic rings. The summed E-state index contributed by atoms with van der Waals surface area (Å²) < 4.78 is 30.9. The molecule has 0 amide bonds. The van der Waals surface area contributed by atoms with Gasteiger partial charge in [0, 0.05) is 31.9 Å². The summed E-state index contributed by atoms with van der Waals surface area (Å²) in [6.45, 7) is 0. The molecule has 2 nitrogen and oxygen atoms in total. The van der Waals surface area contributed by atoms with Crippen molar-refractivity contribution >= 4 is 40.8 Å². The standard InChI is InChI=1S/C42H38O2P2/c43-45(32-16-6-1-7-17-32,33-18-8-2-9-19-33)36-24-26-38-39-27-25-37(31-41(39)42(40(38)30-36)28-14-5-15-29-42)46(44,34-20-10-3-11-21-34)35-22-12-4-13-23-35/h1-4,6-12,16-22,24-27,30-31H,5,13-15,23,28-29H2. The largest absolute Gasteiger partial charge is 0.309 e. The summed E-state index contributed by atoms with van der Waals surface area (Å²) in [7, 11) is -6.17. The molecule has 1 unspecified atom stereocenters. The van der Waals surface area contributed by atoms with Gasteiger partial charge in [0.2, 0.25) is 0 Å². The van der Waals surface area contributed by atoms with Crippen LogP contribution in [0.1, 0.15) is 56.1 Å². The van der Waals surface area contributed by atoms with Gasteiger partial charge in [-0.3, -0.25) is 0 Å². The number of benzene rings is 5. The molecule has 1 saturated carbocycles. The Morgan fingerprint density at radius 3 is 1.46 bits per heavy atom. The minimum absolute atomic E-state index is 0.185. The van der Waals surface area contributed by atoms with Gasteiger partial charge in [0.25, 0.3) is 0 Å². The van der Waals surface area contributed by atoms with Crippen LogP contribution in [0.15, 0.2) is 151 Å². The lowest BCUT2D eigenvalue weighted by Crippen LogP contribution is -2.31. The highest BCUT2D eigenvalue weighted by Crippen LogP contribution is 2.59. The predicted octanol–water partition coefficient (Wildman–Crippen LogP) is 9.10. The Balaban J connectivity index is 1.33. The molecule has 0 heterocycles. The Hall–Kier alpha value is -3.96. The van der Waals surface area contributed by atoms with Crippen molar-refractivity contribution < 1.29 is 9.13 Å². The summed E-state index contributed by atoms with van der Waals surface area (Å²) in [6.07, 6.45) is 13.6. The number of allylic oxidation sites excluding steroid dienone is 4. The van der Waals surface area contributed by atoms with Gasteiger partial charge in [-0.2, -0.15) is 0 Å². The third-order valence-corrected chi connectivity index (χ3v) is 16.8. The van der Waals surface area contributed by atoms with E-state index < -0.39 is 14.3 Å². The number of fused-ring (bicyclic) bond motifs is 5. The molecule has 5 aromatic carbocycles. The Kier molecular flexibility index (Phi) is 7.48. The molecular weight excluding hydrogens is 598 g/mol. The first-order chi connectivity index (χ1) is 22.5. The topological polar surface area (TPSA) is 34.1 Å². The third kappa shape index (κ3) is 4.53. The van der Waals surface area contributed by atoms with E-state index >= 15 is 9.13 Å². The molecule has 8 rings (SSSR count). The van der Waals surface area contributed by atoms with E-state index in [4.69, 9.17) is 0 Å². The Morgan fingerprint density at radius 2 is 0.978 bits per heavy atom. The van der Waals surface area contributed by atoms with Crippen LogP contribution < -0.4 is 26.5 Å². The van der Waals surface area contributed by atoms with Gasteiger partial charge in [-0.1, -0.05) is 153 Å². The molecule has 3 aliphatic carbocycles. The molecule has 0 saturated heterocycles. The maximum absolute atomic E-state index is 15.5. The highest BCUT2D eigenvalue weighted by atomic mass is 31.2. The molecule has 1 fully saturated rings. The monoisotopic (exact) mass is 636 g/mol. The Morgan fingerprint density at radius 1 is 0.500 bits per heavy atom. The lowest BCUT2D eigenvalue weighted by molar-refractivity contribution is 0.353. The van der Waals surface area contributed by atoms with E-state index in [0.29, 0.717) is 0 Å². The first-order valence-corrected chi connectivity index (χ1v) is 20.0. The minimum atomic E-state index is -3.12. The van der Waals surface area contributed by atoms with E-state index in [0.717, 1.165) is 70.4 Å². The lowest BCUT2D eigenvalue weighted by atomic mass is 9.68. The van der Waals surface area contributed by atoms with E-state index in [1.165, 1.54) is 28.7 Å². The highest BCUT2D eigenvalue weighted by molar-refractivity contribution is 7.85. The van der Waals surface area contributed by atoms with E-state index in [-0.39, 0.29) is 5.41 Å². The third-order valence-electron chi connectivity index (χ3n) is 10.5. The molecule has 0 radical (unpaired) electrons. The van der Waals surface area contributed by atoms with Crippen molar-refractivity contribution in [2.45, 2.75) is 50.4 Å². The van der Waals surface area contributed by atoms with Crippen LogP contribution in [-0.2, 0) is 14.5 Å². The Bertz CT molecular complexity index is 2030. The lowest BCUT2D eigenvalue weighted by Gasteiger charge is -2.37. The summed E-state index contributed by atoms with van der Waals surface area (Å²) in [5.74, 6) is 0. The molecule has 5 aromatic rings. The maximum atomic E-state index is 15.5. The zero-order valence-electron chi connectivity index (χ0n) is 26.0. The molecule has 4 heteroatoms. The number of hydrogen-bond acceptors (Lipinski definition) is 2. The van der Waals surface area contributed by atoms with Crippen molar-refractivity contribution in [3.63, 3.8) is 0 Å². The van der Waals surface area contributed by atoms with Crippen LogP contribution in [0.3, 0.4) is 0 Å². The van der Waals surface area contributed by atoms with Crippen molar-refractivity contribution in [2.75, 3.05) is 0 Å². The van der Waals surface area contributed by atoms with Crippen molar-refractivity contribution in [1.82, 2.24) is 0 Å². The van der Waals surface area contributed by atoms with E-state index in [9.17, 15) is 0 Å².